The zero-order valence-electron chi connectivity index (χ0n) is 9.14. The van der Waals surface area contributed by atoms with E-state index in [1.54, 1.807) is 24.3 Å². The maximum absolute atomic E-state index is 12.0. The average molecular weight is 233 g/mol. The first-order valence-corrected chi connectivity index (χ1v) is 4.94. The molecular formula is C11H14F3NO. The second-order valence-corrected chi connectivity index (χ2v) is 3.66. The van der Waals surface area contributed by atoms with Crippen molar-refractivity contribution in [1.29, 1.82) is 0 Å². The number of anilines is 1. The van der Waals surface area contributed by atoms with Crippen molar-refractivity contribution in [3.63, 3.8) is 0 Å². The van der Waals surface area contributed by atoms with Crippen LogP contribution in [-0.2, 0) is 0 Å². The van der Waals surface area contributed by atoms with Gasteiger partial charge in [0.05, 0.1) is 6.10 Å². The van der Waals surface area contributed by atoms with Crippen molar-refractivity contribution in [2.45, 2.75) is 26.1 Å². The Hall–Kier alpha value is -1.39. The third-order valence-corrected chi connectivity index (χ3v) is 1.70. The van der Waals surface area contributed by atoms with Gasteiger partial charge in [0.1, 0.15) is 12.3 Å². The second kappa shape index (κ2) is 5.09. The van der Waals surface area contributed by atoms with Gasteiger partial charge < -0.3 is 10.1 Å². The molecule has 0 aliphatic heterocycles. The highest BCUT2D eigenvalue weighted by molar-refractivity contribution is 5.48. The van der Waals surface area contributed by atoms with Crippen molar-refractivity contribution < 1.29 is 17.9 Å². The lowest BCUT2D eigenvalue weighted by Gasteiger charge is -2.13. The third kappa shape index (κ3) is 4.91. The summed E-state index contributed by atoms with van der Waals surface area (Å²) < 4.78 is 41.2. The predicted molar refractivity (Wildman–Crippen MR) is 56.8 cm³/mol. The quantitative estimate of drug-likeness (QED) is 0.860. The van der Waals surface area contributed by atoms with E-state index in [0.717, 1.165) is 0 Å². The van der Waals surface area contributed by atoms with Crippen LogP contribution >= 0.6 is 0 Å². The van der Waals surface area contributed by atoms with Crippen LogP contribution in [0.3, 0.4) is 0 Å². The molecule has 0 bridgehead atoms. The van der Waals surface area contributed by atoms with Gasteiger partial charge >= 0.3 is 6.18 Å². The molecule has 90 valence electrons. The highest BCUT2D eigenvalue weighted by Gasteiger charge is 2.26. The Morgan fingerprint density at radius 2 is 2.00 bits per heavy atom. The fourth-order valence-corrected chi connectivity index (χ4v) is 1.15. The zero-order chi connectivity index (χ0) is 12.2. The maximum Gasteiger partial charge on any atom is 0.405 e. The molecule has 1 N–H and O–H groups in total. The van der Waals surface area contributed by atoms with E-state index < -0.39 is 12.7 Å². The fourth-order valence-electron chi connectivity index (χ4n) is 1.15. The molecule has 0 saturated carbocycles. The summed E-state index contributed by atoms with van der Waals surface area (Å²) in [5.74, 6) is 0.558. The average Bonchev–Trinajstić information content (AvgIpc) is 2.13. The SMILES string of the molecule is CC(C)Oc1cccc(NCC(F)(F)F)c1. The van der Waals surface area contributed by atoms with Crippen molar-refractivity contribution in [3.8, 4) is 5.75 Å². The van der Waals surface area contributed by atoms with E-state index >= 15 is 0 Å². The molecule has 1 aromatic carbocycles. The summed E-state index contributed by atoms with van der Waals surface area (Å²) in [4.78, 5) is 0. The first-order chi connectivity index (χ1) is 7.37. The van der Waals surface area contributed by atoms with E-state index in [9.17, 15) is 13.2 Å². The lowest BCUT2D eigenvalue weighted by atomic mass is 10.3. The zero-order valence-corrected chi connectivity index (χ0v) is 9.14. The Balaban J connectivity index is 2.60. The van der Waals surface area contributed by atoms with Gasteiger partial charge in [0, 0.05) is 11.8 Å². The number of nitrogens with one attached hydrogen (secondary N) is 1. The normalized spacial score (nSPS) is 11.6. The van der Waals surface area contributed by atoms with Crippen LogP contribution in [0.4, 0.5) is 18.9 Å². The molecule has 0 unspecified atom stereocenters. The monoisotopic (exact) mass is 233 g/mol. The number of alkyl halides is 3. The molecule has 0 fully saturated rings. The molecule has 0 aliphatic rings. The molecule has 16 heavy (non-hydrogen) atoms. The summed E-state index contributed by atoms with van der Waals surface area (Å²) in [6.45, 7) is 2.67. The van der Waals surface area contributed by atoms with Crippen molar-refractivity contribution >= 4 is 5.69 Å². The van der Waals surface area contributed by atoms with Crippen LogP contribution in [-0.4, -0.2) is 18.8 Å². The van der Waals surface area contributed by atoms with E-state index in [2.05, 4.69) is 5.32 Å². The minimum atomic E-state index is -4.21. The van der Waals surface area contributed by atoms with Gasteiger partial charge in [0.25, 0.3) is 0 Å². The maximum atomic E-state index is 12.0. The van der Waals surface area contributed by atoms with Gasteiger partial charge in [0.2, 0.25) is 0 Å². The van der Waals surface area contributed by atoms with Crippen LogP contribution in [0.25, 0.3) is 0 Å². The highest BCUT2D eigenvalue weighted by atomic mass is 19.4. The Labute approximate surface area is 92.4 Å². The largest absolute Gasteiger partial charge is 0.491 e. The van der Waals surface area contributed by atoms with Gasteiger partial charge in [-0.05, 0) is 26.0 Å². The Morgan fingerprint density at radius 1 is 1.31 bits per heavy atom. The lowest BCUT2D eigenvalue weighted by molar-refractivity contribution is -0.115. The molecular weight excluding hydrogens is 219 g/mol. The molecule has 0 amide bonds. The van der Waals surface area contributed by atoms with Gasteiger partial charge in [-0.25, -0.2) is 0 Å². The van der Waals surface area contributed by atoms with Crippen molar-refractivity contribution in [3.05, 3.63) is 24.3 Å². The van der Waals surface area contributed by atoms with Crippen LogP contribution in [0.5, 0.6) is 5.75 Å². The van der Waals surface area contributed by atoms with Crippen LogP contribution in [0.2, 0.25) is 0 Å². The highest BCUT2D eigenvalue weighted by Crippen LogP contribution is 2.21. The first-order valence-electron chi connectivity index (χ1n) is 4.94. The molecule has 0 heterocycles. The molecule has 5 heteroatoms. The second-order valence-electron chi connectivity index (χ2n) is 3.66. The van der Waals surface area contributed by atoms with Crippen LogP contribution < -0.4 is 10.1 Å². The fraction of sp³-hybridized carbons (Fsp3) is 0.455. The van der Waals surface area contributed by atoms with Gasteiger partial charge in [0.15, 0.2) is 0 Å². The van der Waals surface area contributed by atoms with E-state index in [1.807, 2.05) is 13.8 Å². The van der Waals surface area contributed by atoms with Crippen LogP contribution in [0, 0.1) is 0 Å². The molecule has 0 spiro atoms. The van der Waals surface area contributed by atoms with Gasteiger partial charge in [-0.2, -0.15) is 13.2 Å². The Bertz CT molecular complexity index is 336. The van der Waals surface area contributed by atoms with Crippen LogP contribution in [0.15, 0.2) is 24.3 Å². The molecule has 2 nitrogen and oxygen atoms in total. The van der Waals surface area contributed by atoms with E-state index in [1.165, 1.54) is 0 Å². The summed E-state index contributed by atoms with van der Waals surface area (Å²) >= 11 is 0. The summed E-state index contributed by atoms with van der Waals surface area (Å²) in [5, 5.41) is 2.29. The standard InChI is InChI=1S/C11H14F3NO/c1-8(2)16-10-5-3-4-9(6-10)15-7-11(12,13)14/h3-6,8,15H,7H2,1-2H3. The minimum Gasteiger partial charge on any atom is -0.491 e. The molecule has 0 atom stereocenters. The Kier molecular flexibility index (Phi) is 4.04. The van der Waals surface area contributed by atoms with Gasteiger partial charge in [-0.1, -0.05) is 6.07 Å². The van der Waals surface area contributed by atoms with Gasteiger partial charge in [-0.3, -0.25) is 0 Å². The number of hydrogen-bond donors (Lipinski definition) is 1. The number of hydrogen-bond acceptors (Lipinski definition) is 2. The summed E-state index contributed by atoms with van der Waals surface area (Å²) in [6, 6.07) is 6.47. The van der Waals surface area contributed by atoms with Crippen molar-refractivity contribution in [2.75, 3.05) is 11.9 Å². The van der Waals surface area contributed by atoms with E-state index in [0.29, 0.717) is 11.4 Å². The topological polar surface area (TPSA) is 21.3 Å². The van der Waals surface area contributed by atoms with E-state index in [-0.39, 0.29) is 6.10 Å². The molecule has 1 aromatic rings. The molecule has 0 saturated heterocycles. The van der Waals surface area contributed by atoms with Crippen molar-refractivity contribution in [2.24, 2.45) is 0 Å². The Morgan fingerprint density at radius 3 is 2.56 bits per heavy atom. The molecule has 1 rings (SSSR count). The first kappa shape index (κ1) is 12.7. The van der Waals surface area contributed by atoms with Crippen molar-refractivity contribution in [1.82, 2.24) is 0 Å². The molecule has 0 radical (unpaired) electrons. The predicted octanol–water partition coefficient (Wildman–Crippen LogP) is 3.45. The van der Waals surface area contributed by atoms with Gasteiger partial charge in [-0.15, -0.1) is 0 Å². The number of benzene rings is 1. The smallest absolute Gasteiger partial charge is 0.405 e. The lowest BCUT2D eigenvalue weighted by Crippen LogP contribution is -2.21. The minimum absolute atomic E-state index is 0.00198. The number of halogens is 3. The summed E-state index contributed by atoms with van der Waals surface area (Å²) in [5.41, 5.74) is 0.399. The third-order valence-electron chi connectivity index (χ3n) is 1.70. The summed E-state index contributed by atoms with van der Waals surface area (Å²) in [7, 11) is 0. The van der Waals surface area contributed by atoms with E-state index in [4.69, 9.17) is 4.74 Å². The van der Waals surface area contributed by atoms with Crippen LogP contribution in [0.1, 0.15) is 13.8 Å². The molecule has 0 aliphatic carbocycles. The number of ether oxygens (including phenoxy) is 1. The summed E-state index contributed by atoms with van der Waals surface area (Å²) in [6.07, 6.45) is -4.22. The molecule has 0 aromatic heterocycles. The number of rotatable bonds is 4.